The Morgan fingerprint density at radius 3 is 2.32 bits per heavy atom. The predicted molar refractivity (Wildman–Crippen MR) is 169 cm³/mol. The quantitative estimate of drug-likeness (QED) is 0.228. The average Bonchev–Trinajstić information content (AvgIpc) is 3.59. The maximum atomic E-state index is 6.66. The Hall–Kier alpha value is -5.15. The molecule has 0 amide bonds. The van der Waals surface area contributed by atoms with Gasteiger partial charge in [0.1, 0.15) is 22.3 Å². The number of rotatable bonds is 4. The van der Waals surface area contributed by atoms with Gasteiger partial charge in [-0.25, -0.2) is 0 Å². The van der Waals surface area contributed by atoms with Crippen LogP contribution in [0.2, 0.25) is 0 Å². The number of aromatic nitrogens is 1. The molecule has 0 radical (unpaired) electrons. The van der Waals surface area contributed by atoms with Gasteiger partial charge in [-0.2, -0.15) is 0 Å². The van der Waals surface area contributed by atoms with Crippen LogP contribution >= 0.6 is 0 Å². The molecule has 0 N–H and O–H groups in total. The Morgan fingerprint density at radius 2 is 1.44 bits per heavy atom. The molecule has 0 atom stereocenters. The lowest BCUT2D eigenvalue weighted by Crippen LogP contribution is -1.93. The van der Waals surface area contributed by atoms with Crippen molar-refractivity contribution >= 4 is 43.9 Å². The third kappa shape index (κ3) is 3.70. The molecule has 41 heavy (non-hydrogen) atoms. The van der Waals surface area contributed by atoms with Crippen molar-refractivity contribution in [1.29, 1.82) is 0 Å². The first-order valence-electron chi connectivity index (χ1n) is 14.1. The molecule has 3 heterocycles. The zero-order valence-corrected chi connectivity index (χ0v) is 22.9. The maximum absolute atomic E-state index is 6.66. The number of hydrogen-bond acceptors (Lipinski definition) is 3. The number of furan rings is 2. The van der Waals surface area contributed by atoms with Gasteiger partial charge in [0.15, 0.2) is 0 Å². The molecule has 0 saturated heterocycles. The second kappa shape index (κ2) is 9.21. The zero-order chi connectivity index (χ0) is 27.5. The van der Waals surface area contributed by atoms with Crippen molar-refractivity contribution in [2.75, 3.05) is 0 Å². The summed E-state index contributed by atoms with van der Waals surface area (Å²) in [5, 5.41) is 4.51. The van der Waals surface area contributed by atoms with Crippen molar-refractivity contribution in [2.24, 2.45) is 0 Å². The van der Waals surface area contributed by atoms with Crippen LogP contribution < -0.4 is 0 Å². The van der Waals surface area contributed by atoms with Gasteiger partial charge in [0.05, 0.1) is 5.69 Å². The molecule has 0 aliphatic rings. The van der Waals surface area contributed by atoms with Gasteiger partial charge in [0.2, 0.25) is 0 Å². The smallest absolute Gasteiger partial charge is 0.143 e. The second-order valence-corrected chi connectivity index (χ2v) is 10.7. The van der Waals surface area contributed by atoms with Crippen molar-refractivity contribution in [1.82, 2.24) is 4.98 Å². The standard InChI is InChI=1S/C38H27NO2/c1-3-24-15-16-26(32-11-6-7-20-39-32)22-30(24)36-23(2)14-18-28-31-21-25(17-19-34(31)41-38(28)36)27-10-8-13-35-37(27)29-9-4-5-12-33(29)40-35/h4-22H,3H2,1-2H3. The van der Waals surface area contributed by atoms with E-state index in [2.05, 4.69) is 97.7 Å². The summed E-state index contributed by atoms with van der Waals surface area (Å²) in [5.74, 6) is 0. The fourth-order valence-electron chi connectivity index (χ4n) is 6.27. The zero-order valence-electron chi connectivity index (χ0n) is 22.9. The number of nitrogens with zero attached hydrogens (tertiary/aromatic N) is 1. The van der Waals surface area contributed by atoms with Crippen LogP contribution in [0.25, 0.3) is 77.4 Å². The molecular weight excluding hydrogens is 502 g/mol. The predicted octanol–water partition coefficient (Wildman–Crippen LogP) is 10.8. The number of fused-ring (bicyclic) bond motifs is 6. The summed E-state index contributed by atoms with van der Waals surface area (Å²) in [5.41, 5.74) is 12.8. The Morgan fingerprint density at radius 1 is 0.610 bits per heavy atom. The fourth-order valence-corrected chi connectivity index (χ4v) is 6.27. The number of pyridine rings is 1. The maximum Gasteiger partial charge on any atom is 0.143 e. The number of hydrogen-bond donors (Lipinski definition) is 0. The van der Waals surface area contributed by atoms with E-state index in [9.17, 15) is 0 Å². The highest BCUT2D eigenvalue weighted by Gasteiger charge is 2.19. The molecule has 0 fully saturated rings. The van der Waals surface area contributed by atoms with Gasteiger partial charge < -0.3 is 8.83 Å². The van der Waals surface area contributed by atoms with Crippen molar-refractivity contribution in [3.05, 3.63) is 127 Å². The van der Waals surface area contributed by atoms with E-state index in [4.69, 9.17) is 8.83 Å². The van der Waals surface area contributed by atoms with Crippen LogP contribution in [0.3, 0.4) is 0 Å². The normalized spacial score (nSPS) is 11.8. The number of benzene rings is 5. The van der Waals surface area contributed by atoms with Gasteiger partial charge in [0.25, 0.3) is 0 Å². The van der Waals surface area contributed by atoms with Gasteiger partial charge in [-0.1, -0.05) is 73.7 Å². The molecule has 8 aromatic rings. The van der Waals surface area contributed by atoms with Gasteiger partial charge >= 0.3 is 0 Å². The van der Waals surface area contributed by atoms with E-state index >= 15 is 0 Å². The summed E-state index contributed by atoms with van der Waals surface area (Å²) in [6.07, 6.45) is 2.78. The second-order valence-electron chi connectivity index (χ2n) is 10.7. The number of para-hydroxylation sites is 1. The summed E-state index contributed by atoms with van der Waals surface area (Å²) in [7, 11) is 0. The first-order chi connectivity index (χ1) is 20.2. The molecule has 0 spiro atoms. The summed E-state index contributed by atoms with van der Waals surface area (Å²) in [6, 6.07) is 38.2. The molecule has 0 aliphatic carbocycles. The van der Waals surface area contributed by atoms with E-state index < -0.39 is 0 Å². The molecule has 0 aliphatic heterocycles. The first kappa shape index (κ1) is 23.7. The van der Waals surface area contributed by atoms with Crippen LogP contribution in [0, 0.1) is 6.92 Å². The first-order valence-corrected chi connectivity index (χ1v) is 14.1. The average molecular weight is 530 g/mol. The molecule has 0 saturated carbocycles. The third-order valence-electron chi connectivity index (χ3n) is 8.28. The molecule has 5 aromatic carbocycles. The largest absolute Gasteiger partial charge is 0.456 e. The summed E-state index contributed by atoms with van der Waals surface area (Å²) < 4.78 is 12.8. The molecule has 0 bridgehead atoms. The van der Waals surface area contributed by atoms with Crippen LogP contribution in [-0.2, 0) is 6.42 Å². The minimum atomic E-state index is 0.888. The van der Waals surface area contributed by atoms with Gasteiger partial charge in [-0.3, -0.25) is 4.98 Å². The molecular formula is C38H27NO2. The van der Waals surface area contributed by atoms with E-state index in [1.165, 1.54) is 16.7 Å². The lowest BCUT2D eigenvalue weighted by molar-refractivity contribution is 0.669. The summed E-state index contributed by atoms with van der Waals surface area (Å²) in [4.78, 5) is 4.60. The Bertz CT molecular complexity index is 2250. The number of aryl methyl sites for hydroxylation is 2. The molecule has 3 aromatic heterocycles. The minimum absolute atomic E-state index is 0.888. The van der Waals surface area contributed by atoms with Gasteiger partial charge in [-0.15, -0.1) is 0 Å². The lowest BCUT2D eigenvalue weighted by Gasteiger charge is -2.14. The third-order valence-corrected chi connectivity index (χ3v) is 8.28. The van der Waals surface area contributed by atoms with Crippen molar-refractivity contribution < 1.29 is 8.83 Å². The molecule has 196 valence electrons. The highest BCUT2D eigenvalue weighted by Crippen LogP contribution is 2.43. The van der Waals surface area contributed by atoms with Crippen LogP contribution in [0.4, 0.5) is 0 Å². The molecule has 3 heteroatoms. The summed E-state index contributed by atoms with van der Waals surface area (Å²) in [6.45, 7) is 4.38. The highest BCUT2D eigenvalue weighted by molar-refractivity contribution is 6.15. The monoisotopic (exact) mass is 529 g/mol. The molecule has 8 rings (SSSR count). The Balaban J connectivity index is 1.36. The van der Waals surface area contributed by atoms with Crippen LogP contribution in [-0.4, -0.2) is 4.98 Å². The van der Waals surface area contributed by atoms with E-state index in [0.717, 1.165) is 78.2 Å². The molecule has 3 nitrogen and oxygen atoms in total. The SMILES string of the molecule is CCc1ccc(-c2ccccn2)cc1-c1c(C)ccc2c1oc1ccc(-c3cccc4oc5ccccc5c34)cc12. The summed E-state index contributed by atoms with van der Waals surface area (Å²) >= 11 is 0. The fraction of sp³-hybridized carbons (Fsp3) is 0.0789. The van der Waals surface area contributed by atoms with Crippen molar-refractivity contribution in [3.8, 4) is 33.5 Å². The topological polar surface area (TPSA) is 39.2 Å². The van der Waals surface area contributed by atoms with E-state index in [0.29, 0.717) is 0 Å². The highest BCUT2D eigenvalue weighted by atomic mass is 16.3. The van der Waals surface area contributed by atoms with Gasteiger partial charge in [-0.05, 0) is 83.6 Å². The van der Waals surface area contributed by atoms with Crippen LogP contribution in [0.15, 0.2) is 124 Å². The van der Waals surface area contributed by atoms with Crippen molar-refractivity contribution in [3.63, 3.8) is 0 Å². The van der Waals surface area contributed by atoms with Crippen molar-refractivity contribution in [2.45, 2.75) is 20.3 Å². The van der Waals surface area contributed by atoms with Crippen LogP contribution in [0.5, 0.6) is 0 Å². The Labute approximate surface area is 237 Å². The van der Waals surface area contributed by atoms with E-state index in [1.807, 2.05) is 36.5 Å². The van der Waals surface area contributed by atoms with E-state index in [1.54, 1.807) is 0 Å². The van der Waals surface area contributed by atoms with Crippen LogP contribution in [0.1, 0.15) is 18.1 Å². The lowest BCUT2D eigenvalue weighted by atomic mass is 9.90. The minimum Gasteiger partial charge on any atom is -0.456 e. The van der Waals surface area contributed by atoms with E-state index in [-0.39, 0.29) is 0 Å². The van der Waals surface area contributed by atoms with Gasteiger partial charge in [0, 0.05) is 38.9 Å². The Kier molecular flexibility index (Phi) is 5.33. The molecule has 0 unspecified atom stereocenters.